The lowest BCUT2D eigenvalue weighted by Gasteiger charge is -2.35. The molecule has 0 aromatic heterocycles. The van der Waals surface area contributed by atoms with E-state index < -0.39 is 0 Å². The largest absolute Gasteiger partial charge is 0.406 e. The van der Waals surface area contributed by atoms with Crippen LogP contribution in [-0.2, 0) is 0 Å². The number of hydrogen-bond donors (Lipinski definition) is 3. The van der Waals surface area contributed by atoms with E-state index in [9.17, 15) is 5.11 Å². The summed E-state index contributed by atoms with van der Waals surface area (Å²) in [5, 5.41) is 16.9. The van der Waals surface area contributed by atoms with Gasteiger partial charge < -0.3 is 15.7 Å². The molecule has 1 saturated carbocycles. The highest BCUT2D eigenvalue weighted by atomic mass is 27.0. The Morgan fingerprint density at radius 3 is 2.50 bits per heavy atom. The molecular formula is C10H21AlN2O. The Kier molecular flexibility index (Phi) is 3.51. The summed E-state index contributed by atoms with van der Waals surface area (Å²) < 4.78 is -0.258. The Bertz CT molecular complexity index is 183. The molecule has 0 aromatic carbocycles. The molecule has 1 unspecified atom stereocenters. The highest BCUT2D eigenvalue weighted by molar-refractivity contribution is 6.14. The molecule has 2 fully saturated rings. The first-order chi connectivity index (χ1) is 6.66. The minimum absolute atomic E-state index is 0.258. The molecule has 4 heteroatoms. The fourth-order valence-electron chi connectivity index (χ4n) is 2.54. The van der Waals surface area contributed by atoms with Crippen LogP contribution in [0.4, 0.5) is 0 Å². The summed E-state index contributed by atoms with van der Waals surface area (Å²) in [4.78, 5) is 0. The maximum absolute atomic E-state index is 9.87. The predicted octanol–water partition coefficient (Wildman–Crippen LogP) is -0.798. The molecule has 3 N–H and O–H groups in total. The average molecular weight is 212 g/mol. The zero-order chi connectivity index (χ0) is 10.0. The van der Waals surface area contributed by atoms with E-state index in [1.165, 1.54) is 6.42 Å². The van der Waals surface area contributed by atoms with Crippen molar-refractivity contribution in [1.29, 1.82) is 0 Å². The first-order valence-electron chi connectivity index (χ1n) is 5.85. The highest BCUT2D eigenvalue weighted by Gasteiger charge is 2.29. The Morgan fingerprint density at radius 2 is 1.93 bits per heavy atom. The summed E-state index contributed by atoms with van der Waals surface area (Å²) >= 11 is 0.930. The van der Waals surface area contributed by atoms with Gasteiger partial charge in [0.1, 0.15) is 0 Å². The molecule has 0 bridgehead atoms. The normalized spacial score (nSPS) is 44.1. The average Bonchev–Trinajstić information content (AvgIpc) is 2.61. The minimum Gasteiger partial charge on any atom is -0.406 e. The molecule has 0 amide bonds. The van der Waals surface area contributed by atoms with Crippen LogP contribution in [0.5, 0.6) is 0 Å². The summed E-state index contributed by atoms with van der Waals surface area (Å²) in [6.07, 6.45) is 5.61. The number of nitrogens with one attached hydrogen (secondary N) is 2. The van der Waals surface area contributed by atoms with E-state index in [-0.39, 0.29) is 4.46 Å². The Hall–Kier alpha value is 0.412. The van der Waals surface area contributed by atoms with Gasteiger partial charge in [0.2, 0.25) is 0 Å². The fraction of sp³-hybridized carbons (Fsp3) is 1.00. The van der Waals surface area contributed by atoms with Gasteiger partial charge in [-0.1, -0.05) is 0 Å². The number of aliphatic hydroxyl groups is 1. The Morgan fingerprint density at radius 1 is 1.21 bits per heavy atom. The summed E-state index contributed by atoms with van der Waals surface area (Å²) in [5.41, 5.74) is 0. The van der Waals surface area contributed by atoms with Gasteiger partial charge in [0.05, 0.1) is 0 Å². The third kappa shape index (κ3) is 2.95. The molecular weight excluding hydrogens is 191 g/mol. The standard InChI is InChI=1S/C10H19N2O.Al.2H/c13-10-3-1-8(2-4-10)12-9-5-6-11-7-9;;;/h8-9,11-13H,1-7H2;;;. The van der Waals surface area contributed by atoms with E-state index in [0.717, 1.165) is 55.1 Å². The Balaban J connectivity index is 1.72. The van der Waals surface area contributed by atoms with Gasteiger partial charge in [0.15, 0.2) is 0 Å². The van der Waals surface area contributed by atoms with E-state index in [2.05, 4.69) is 10.6 Å². The molecule has 14 heavy (non-hydrogen) atoms. The van der Waals surface area contributed by atoms with Crippen molar-refractivity contribution in [2.75, 3.05) is 13.1 Å². The van der Waals surface area contributed by atoms with E-state index in [1.807, 2.05) is 0 Å². The molecule has 1 saturated heterocycles. The number of rotatable bonds is 2. The van der Waals surface area contributed by atoms with Crippen molar-refractivity contribution in [3.63, 3.8) is 0 Å². The fourth-order valence-corrected chi connectivity index (χ4v) is 3.11. The van der Waals surface area contributed by atoms with Crippen molar-refractivity contribution in [3.8, 4) is 0 Å². The lowest BCUT2D eigenvalue weighted by atomic mass is 9.91. The van der Waals surface area contributed by atoms with Crippen LogP contribution in [0.25, 0.3) is 0 Å². The van der Waals surface area contributed by atoms with Gasteiger partial charge in [-0.3, -0.25) is 0 Å². The quantitative estimate of drug-likeness (QED) is 0.525. The van der Waals surface area contributed by atoms with E-state index in [1.54, 1.807) is 0 Å². The zero-order valence-electron chi connectivity index (χ0n) is 9.05. The minimum atomic E-state index is -0.258. The highest BCUT2D eigenvalue weighted by Crippen LogP contribution is 2.25. The predicted molar refractivity (Wildman–Crippen MR) is 60.2 cm³/mol. The van der Waals surface area contributed by atoms with Crippen molar-refractivity contribution in [3.05, 3.63) is 0 Å². The van der Waals surface area contributed by atoms with Crippen LogP contribution in [-0.4, -0.2) is 51.0 Å². The molecule has 0 radical (unpaired) electrons. The molecule has 0 aromatic rings. The van der Waals surface area contributed by atoms with Crippen LogP contribution < -0.4 is 10.6 Å². The number of hydrogen-bond acceptors (Lipinski definition) is 3. The van der Waals surface area contributed by atoms with Gasteiger partial charge in [-0.25, -0.2) is 0 Å². The molecule has 1 aliphatic heterocycles. The molecule has 1 aliphatic carbocycles. The summed E-state index contributed by atoms with van der Waals surface area (Å²) in [5.74, 6) is 0. The maximum Gasteiger partial charge on any atom is 0.263 e. The third-order valence-electron chi connectivity index (χ3n) is 3.59. The van der Waals surface area contributed by atoms with Crippen molar-refractivity contribution in [2.24, 2.45) is 0 Å². The SMILES string of the molecule is O[C]1([AlH2])CCC(NC2CCNC2)CC1. The van der Waals surface area contributed by atoms with Gasteiger partial charge in [-0.2, -0.15) is 0 Å². The first kappa shape index (κ1) is 10.9. The van der Waals surface area contributed by atoms with Crippen LogP contribution >= 0.6 is 0 Å². The molecule has 80 valence electrons. The van der Waals surface area contributed by atoms with Crippen molar-refractivity contribution in [2.45, 2.75) is 48.7 Å². The van der Waals surface area contributed by atoms with Gasteiger partial charge in [-0.05, 0) is 38.6 Å². The van der Waals surface area contributed by atoms with Crippen LogP contribution in [0.15, 0.2) is 0 Å². The lowest BCUT2D eigenvalue weighted by Crippen LogP contribution is -2.45. The summed E-state index contributed by atoms with van der Waals surface area (Å²) in [7, 11) is 0. The van der Waals surface area contributed by atoms with Crippen molar-refractivity contribution >= 4 is 16.3 Å². The lowest BCUT2D eigenvalue weighted by molar-refractivity contribution is 0.0730. The molecule has 0 spiro atoms. The van der Waals surface area contributed by atoms with Crippen LogP contribution in [0.2, 0.25) is 0 Å². The van der Waals surface area contributed by atoms with Gasteiger partial charge in [0, 0.05) is 23.1 Å². The van der Waals surface area contributed by atoms with E-state index in [4.69, 9.17) is 0 Å². The van der Waals surface area contributed by atoms with Crippen LogP contribution in [0.1, 0.15) is 32.1 Å². The molecule has 1 heterocycles. The smallest absolute Gasteiger partial charge is 0.263 e. The summed E-state index contributed by atoms with van der Waals surface area (Å²) in [6.45, 7) is 2.29. The van der Waals surface area contributed by atoms with Crippen LogP contribution in [0, 0.1) is 0 Å². The monoisotopic (exact) mass is 212 g/mol. The Labute approximate surface area is 94.1 Å². The zero-order valence-corrected chi connectivity index (χ0v) is 11.1. The molecule has 2 aliphatic rings. The van der Waals surface area contributed by atoms with Crippen molar-refractivity contribution < 1.29 is 5.11 Å². The second-order valence-electron chi connectivity index (χ2n) is 5.13. The molecule has 2 rings (SSSR count). The second kappa shape index (κ2) is 4.51. The van der Waals surface area contributed by atoms with Crippen LogP contribution in [0.3, 0.4) is 0 Å². The second-order valence-corrected chi connectivity index (χ2v) is 6.99. The topological polar surface area (TPSA) is 44.3 Å². The van der Waals surface area contributed by atoms with E-state index >= 15 is 0 Å². The molecule has 3 nitrogen and oxygen atoms in total. The van der Waals surface area contributed by atoms with Gasteiger partial charge in [0.25, 0.3) is 16.3 Å². The summed E-state index contributed by atoms with van der Waals surface area (Å²) in [6, 6.07) is 1.34. The van der Waals surface area contributed by atoms with Crippen molar-refractivity contribution in [1.82, 2.24) is 10.6 Å². The maximum atomic E-state index is 9.87. The third-order valence-corrected chi connectivity index (χ3v) is 4.59. The molecule has 1 atom stereocenters. The van der Waals surface area contributed by atoms with Gasteiger partial charge >= 0.3 is 0 Å². The van der Waals surface area contributed by atoms with E-state index in [0.29, 0.717) is 12.1 Å². The van der Waals surface area contributed by atoms with Gasteiger partial charge in [-0.15, -0.1) is 0 Å². The first-order valence-corrected chi connectivity index (χ1v) is 6.85.